The van der Waals surface area contributed by atoms with Gasteiger partial charge in [-0.2, -0.15) is 5.10 Å². The van der Waals surface area contributed by atoms with Crippen LogP contribution < -0.4 is 25.4 Å². The normalized spacial score (nSPS) is 22.6. The zero-order chi connectivity index (χ0) is 21.4. The van der Waals surface area contributed by atoms with Crippen LogP contribution >= 0.6 is 0 Å². The molecule has 3 unspecified atom stereocenters. The van der Waals surface area contributed by atoms with Crippen LogP contribution in [0.4, 0.5) is 5.82 Å². The summed E-state index contributed by atoms with van der Waals surface area (Å²) < 4.78 is 18.4. The molecule has 0 radical (unpaired) electrons. The number of nitrogens with zero attached hydrogens (tertiary/aromatic N) is 2. The molecule has 1 fully saturated rings. The molecular formula is C21H21N5O5. The molecule has 31 heavy (non-hydrogen) atoms. The van der Waals surface area contributed by atoms with Crippen molar-refractivity contribution in [2.24, 2.45) is 0 Å². The summed E-state index contributed by atoms with van der Waals surface area (Å²) in [5.74, 6) is 1.52. The minimum atomic E-state index is -0.835. The van der Waals surface area contributed by atoms with Gasteiger partial charge < -0.3 is 24.5 Å². The Morgan fingerprint density at radius 1 is 1.23 bits per heavy atom. The van der Waals surface area contributed by atoms with Crippen LogP contribution in [-0.2, 0) is 9.59 Å². The number of amides is 2. The zero-order valence-corrected chi connectivity index (χ0v) is 16.7. The van der Waals surface area contributed by atoms with Gasteiger partial charge in [-0.25, -0.2) is 4.68 Å². The molecule has 1 aromatic carbocycles. The van der Waals surface area contributed by atoms with Crippen LogP contribution in [0.3, 0.4) is 0 Å². The molecule has 3 aromatic rings. The fourth-order valence-corrected chi connectivity index (χ4v) is 3.58. The molecule has 0 saturated carbocycles. The maximum absolute atomic E-state index is 12.9. The number of hydrogen-bond acceptors (Lipinski definition) is 7. The summed E-state index contributed by atoms with van der Waals surface area (Å²) in [7, 11) is 0. The summed E-state index contributed by atoms with van der Waals surface area (Å²) in [6, 6.07) is 12.3. The summed E-state index contributed by atoms with van der Waals surface area (Å²) in [4.78, 5) is 25.0. The second-order valence-corrected chi connectivity index (χ2v) is 7.43. The molecule has 0 spiro atoms. The quantitative estimate of drug-likeness (QED) is 0.586. The lowest BCUT2D eigenvalue weighted by atomic mass is 10.2. The molecule has 5 rings (SSSR count). The summed E-state index contributed by atoms with van der Waals surface area (Å²) >= 11 is 0. The number of fused-ring (bicyclic) bond motifs is 1. The topological polar surface area (TPSA) is 120 Å². The Hall–Kier alpha value is -3.79. The van der Waals surface area contributed by atoms with Gasteiger partial charge in [0.05, 0.1) is 6.26 Å². The Labute approximate surface area is 177 Å². The molecule has 10 nitrogen and oxygen atoms in total. The lowest BCUT2D eigenvalue weighted by Gasteiger charge is -2.31. The number of benzene rings is 1. The van der Waals surface area contributed by atoms with Crippen molar-refractivity contribution in [2.45, 2.75) is 31.8 Å². The van der Waals surface area contributed by atoms with Gasteiger partial charge in [-0.3, -0.25) is 14.9 Å². The minimum Gasteiger partial charge on any atom is -0.485 e. The molecule has 2 amide bonds. The smallest absolute Gasteiger partial charge is 0.270 e. The fraction of sp³-hybridized carbons (Fsp3) is 0.286. The van der Waals surface area contributed by atoms with Crippen molar-refractivity contribution in [1.82, 2.24) is 20.4 Å². The number of furan rings is 1. The number of rotatable bonds is 4. The lowest BCUT2D eigenvalue weighted by Crippen LogP contribution is -2.52. The molecule has 2 aliphatic rings. The molecule has 1 saturated heterocycles. The molecule has 4 heterocycles. The van der Waals surface area contributed by atoms with E-state index in [1.54, 1.807) is 36.6 Å². The predicted octanol–water partition coefficient (Wildman–Crippen LogP) is 1.88. The van der Waals surface area contributed by atoms with Gasteiger partial charge in [0, 0.05) is 18.5 Å². The van der Waals surface area contributed by atoms with Crippen LogP contribution in [0.15, 0.2) is 53.1 Å². The molecule has 3 atom stereocenters. The largest absolute Gasteiger partial charge is 0.485 e. The highest BCUT2D eigenvalue weighted by atomic mass is 16.6. The first-order chi connectivity index (χ1) is 15.1. The Balaban J connectivity index is 1.41. The van der Waals surface area contributed by atoms with Crippen molar-refractivity contribution in [1.29, 1.82) is 0 Å². The Kier molecular flexibility index (Phi) is 4.83. The summed E-state index contributed by atoms with van der Waals surface area (Å²) in [5, 5.41) is 13.5. The van der Waals surface area contributed by atoms with Crippen molar-refractivity contribution in [3.8, 4) is 23.0 Å². The predicted molar refractivity (Wildman–Crippen MR) is 109 cm³/mol. The molecule has 160 valence electrons. The number of carbonyl (C=O) groups is 2. The van der Waals surface area contributed by atoms with E-state index in [9.17, 15) is 9.59 Å². The summed E-state index contributed by atoms with van der Waals surface area (Å²) in [6.07, 6.45) is 0.439. The van der Waals surface area contributed by atoms with E-state index in [2.05, 4.69) is 21.0 Å². The maximum Gasteiger partial charge on any atom is 0.270 e. The second-order valence-electron chi connectivity index (χ2n) is 7.43. The number of anilines is 1. The lowest BCUT2D eigenvalue weighted by molar-refractivity contribution is -0.125. The van der Waals surface area contributed by atoms with E-state index in [0.29, 0.717) is 35.2 Å². The Morgan fingerprint density at radius 2 is 2.06 bits per heavy atom. The highest BCUT2D eigenvalue weighted by Gasteiger charge is 2.31. The zero-order valence-electron chi connectivity index (χ0n) is 16.7. The number of aromatic nitrogens is 2. The van der Waals surface area contributed by atoms with Crippen LogP contribution in [0.25, 0.3) is 11.5 Å². The maximum atomic E-state index is 12.9. The van der Waals surface area contributed by atoms with Gasteiger partial charge in [-0.05, 0) is 31.2 Å². The Bertz CT molecular complexity index is 1110. The van der Waals surface area contributed by atoms with Crippen LogP contribution in [0.5, 0.6) is 11.5 Å². The van der Waals surface area contributed by atoms with Crippen LogP contribution in [-0.4, -0.2) is 40.3 Å². The first kappa shape index (κ1) is 19.2. The van der Waals surface area contributed by atoms with E-state index in [4.69, 9.17) is 13.9 Å². The van der Waals surface area contributed by atoms with Crippen LogP contribution in [0.1, 0.15) is 19.6 Å². The number of carbonyl (C=O) groups excluding carboxylic acids is 2. The van der Waals surface area contributed by atoms with Crippen molar-refractivity contribution < 1.29 is 23.5 Å². The molecular weight excluding hydrogens is 402 g/mol. The van der Waals surface area contributed by atoms with Crippen LogP contribution in [0, 0.1) is 0 Å². The van der Waals surface area contributed by atoms with Gasteiger partial charge >= 0.3 is 0 Å². The van der Waals surface area contributed by atoms with Gasteiger partial charge in [-0.1, -0.05) is 12.1 Å². The van der Waals surface area contributed by atoms with Crippen LogP contribution in [0.2, 0.25) is 0 Å². The van der Waals surface area contributed by atoms with E-state index in [1.807, 2.05) is 19.1 Å². The number of ether oxygens (including phenoxy) is 2. The molecule has 0 aliphatic carbocycles. The number of para-hydroxylation sites is 2. The minimum absolute atomic E-state index is 0.0508. The van der Waals surface area contributed by atoms with E-state index in [1.165, 1.54) is 4.68 Å². The van der Waals surface area contributed by atoms with Crippen molar-refractivity contribution in [2.75, 3.05) is 11.9 Å². The van der Waals surface area contributed by atoms with Gasteiger partial charge in [0.1, 0.15) is 18.1 Å². The summed E-state index contributed by atoms with van der Waals surface area (Å²) in [6.45, 7) is 1.99. The third kappa shape index (κ3) is 3.84. The average Bonchev–Trinajstić information content (AvgIpc) is 3.43. The first-order valence-corrected chi connectivity index (χ1v) is 9.95. The highest BCUT2D eigenvalue weighted by molar-refractivity contribution is 5.94. The Morgan fingerprint density at radius 3 is 2.84 bits per heavy atom. The standard InChI is InChI=1S/C21H21N5O5/c1-12-9-19(27)24-21(22-12)26-18(10-13(25-26)14-7-4-8-29-14)23-20(28)17-11-30-15-5-2-3-6-16(15)31-17/h2-8,10,12,17,21-22H,9,11H2,1H3,(H,23,28)(H,24,27). The monoisotopic (exact) mass is 423 g/mol. The molecule has 2 aromatic heterocycles. The van der Waals surface area contributed by atoms with E-state index < -0.39 is 18.3 Å². The SMILES string of the molecule is CC1CC(=O)NC(n2nc(-c3ccco3)cc2NC(=O)C2COc3ccccc3O2)N1. The first-order valence-electron chi connectivity index (χ1n) is 9.95. The fourth-order valence-electron chi connectivity index (χ4n) is 3.58. The van der Waals surface area contributed by atoms with Crippen molar-refractivity contribution in [3.63, 3.8) is 0 Å². The second kappa shape index (κ2) is 7.80. The van der Waals surface area contributed by atoms with Crippen molar-refractivity contribution >= 4 is 17.6 Å². The van der Waals surface area contributed by atoms with E-state index >= 15 is 0 Å². The van der Waals surface area contributed by atoms with Gasteiger partial charge in [0.25, 0.3) is 5.91 Å². The third-order valence-electron chi connectivity index (χ3n) is 5.04. The average molecular weight is 423 g/mol. The van der Waals surface area contributed by atoms with Crippen molar-refractivity contribution in [3.05, 3.63) is 48.7 Å². The van der Waals surface area contributed by atoms with E-state index in [-0.39, 0.29) is 18.6 Å². The van der Waals surface area contributed by atoms with Gasteiger partial charge in [0.2, 0.25) is 12.0 Å². The van der Waals surface area contributed by atoms with Gasteiger partial charge in [0.15, 0.2) is 23.5 Å². The van der Waals surface area contributed by atoms with Gasteiger partial charge in [-0.15, -0.1) is 0 Å². The molecule has 0 bridgehead atoms. The number of hydrogen-bond donors (Lipinski definition) is 3. The number of nitrogens with one attached hydrogen (secondary N) is 3. The van der Waals surface area contributed by atoms with E-state index in [0.717, 1.165) is 0 Å². The third-order valence-corrected chi connectivity index (χ3v) is 5.04. The molecule has 2 aliphatic heterocycles. The molecule has 10 heteroatoms. The highest BCUT2D eigenvalue weighted by Crippen LogP contribution is 2.31. The summed E-state index contributed by atoms with van der Waals surface area (Å²) in [5.41, 5.74) is 0.515. The molecule has 3 N–H and O–H groups in total.